The van der Waals surface area contributed by atoms with Crippen molar-refractivity contribution in [2.24, 2.45) is 0 Å². The number of aryl methyl sites for hydroxylation is 2. The molecule has 6 nitrogen and oxygen atoms in total. The largest absolute Gasteiger partial charge is 0.441 e. The van der Waals surface area contributed by atoms with Crippen molar-refractivity contribution in [1.82, 2.24) is 14.1 Å². The minimum Gasteiger partial charge on any atom is -0.441 e. The van der Waals surface area contributed by atoms with Crippen molar-refractivity contribution in [3.05, 3.63) is 96.5 Å². The molecule has 0 radical (unpaired) electrons. The summed E-state index contributed by atoms with van der Waals surface area (Å²) in [6.45, 7) is 2.43. The van der Waals surface area contributed by atoms with Crippen LogP contribution in [0.2, 0.25) is 0 Å². The molecule has 0 aliphatic rings. The lowest BCUT2D eigenvalue weighted by molar-refractivity contribution is 0.535. The van der Waals surface area contributed by atoms with E-state index >= 15 is 0 Å². The molecule has 5 aromatic rings. The molecule has 0 aliphatic heterocycles. The third kappa shape index (κ3) is 3.68. The molecule has 1 aromatic carbocycles. The maximum atomic E-state index is 13.3. The van der Waals surface area contributed by atoms with Gasteiger partial charge in [-0.05, 0) is 48.4 Å². The predicted octanol–water partition coefficient (Wildman–Crippen LogP) is 4.54. The van der Waals surface area contributed by atoms with E-state index in [0.29, 0.717) is 40.5 Å². The van der Waals surface area contributed by atoms with E-state index in [9.17, 15) is 9.59 Å². The van der Waals surface area contributed by atoms with Crippen LogP contribution in [0.3, 0.4) is 0 Å². The lowest BCUT2D eigenvalue weighted by Crippen LogP contribution is -2.40. The Morgan fingerprint density at radius 2 is 1.81 bits per heavy atom. The van der Waals surface area contributed by atoms with Gasteiger partial charge in [0.15, 0.2) is 0 Å². The second kappa shape index (κ2) is 8.13. The fraction of sp³-hybridized carbons (Fsp3) is 0.174. The Morgan fingerprint density at radius 1 is 0.968 bits per heavy atom. The highest BCUT2D eigenvalue weighted by Crippen LogP contribution is 2.23. The molecule has 8 heteroatoms. The van der Waals surface area contributed by atoms with Gasteiger partial charge in [-0.1, -0.05) is 24.3 Å². The first-order valence-corrected chi connectivity index (χ1v) is 11.6. The number of aromatic nitrogens is 3. The van der Waals surface area contributed by atoms with E-state index in [1.165, 1.54) is 15.9 Å². The highest BCUT2D eigenvalue weighted by atomic mass is 32.1. The lowest BCUT2D eigenvalue weighted by Gasteiger charge is -2.11. The van der Waals surface area contributed by atoms with E-state index in [2.05, 4.69) is 4.98 Å². The SMILES string of the molecule is Cc1oc(-c2ccccc2)nc1Cn1c(=O)n(CCc2cccs2)c(=O)c2sccc21. The number of hydrogen-bond donors (Lipinski definition) is 0. The van der Waals surface area contributed by atoms with Gasteiger partial charge in [-0.25, -0.2) is 9.78 Å². The van der Waals surface area contributed by atoms with Crippen LogP contribution in [-0.2, 0) is 19.5 Å². The first-order valence-electron chi connectivity index (χ1n) is 9.87. The minimum absolute atomic E-state index is 0.232. The highest BCUT2D eigenvalue weighted by Gasteiger charge is 2.18. The average molecular weight is 450 g/mol. The summed E-state index contributed by atoms with van der Waals surface area (Å²) in [6.07, 6.45) is 0.644. The van der Waals surface area contributed by atoms with Crippen LogP contribution in [0.4, 0.5) is 0 Å². The minimum atomic E-state index is -0.323. The topological polar surface area (TPSA) is 70.0 Å². The van der Waals surface area contributed by atoms with Crippen molar-refractivity contribution in [3.63, 3.8) is 0 Å². The average Bonchev–Trinajstić information content (AvgIpc) is 3.53. The smallest absolute Gasteiger partial charge is 0.331 e. The van der Waals surface area contributed by atoms with Gasteiger partial charge in [-0.15, -0.1) is 22.7 Å². The van der Waals surface area contributed by atoms with Crippen LogP contribution in [0.5, 0.6) is 0 Å². The van der Waals surface area contributed by atoms with Crippen LogP contribution in [0, 0.1) is 6.92 Å². The number of fused-ring (bicyclic) bond motifs is 1. The standard InChI is InChI=1S/C23H19N3O3S2/c1-15-18(24-21(29-15)16-6-3-2-4-7-16)14-26-19-10-13-31-20(19)22(27)25(23(26)28)11-9-17-8-5-12-30-17/h2-8,10,12-13H,9,11,14H2,1H3. The molecule has 0 unspecified atom stereocenters. The second-order valence-electron chi connectivity index (χ2n) is 7.18. The van der Waals surface area contributed by atoms with E-state index in [0.717, 1.165) is 10.4 Å². The Bertz CT molecular complexity index is 1460. The Morgan fingerprint density at radius 3 is 2.58 bits per heavy atom. The number of thiophene rings is 2. The van der Waals surface area contributed by atoms with Crippen molar-refractivity contribution in [1.29, 1.82) is 0 Å². The zero-order chi connectivity index (χ0) is 21.4. The zero-order valence-corrected chi connectivity index (χ0v) is 18.4. The summed E-state index contributed by atoms with van der Waals surface area (Å²) in [5.41, 5.74) is 1.64. The maximum Gasteiger partial charge on any atom is 0.331 e. The molecule has 0 saturated heterocycles. The Labute approximate surface area is 185 Å². The van der Waals surface area contributed by atoms with Crippen molar-refractivity contribution in [2.45, 2.75) is 26.4 Å². The van der Waals surface area contributed by atoms with Gasteiger partial charge in [-0.2, -0.15) is 0 Å². The number of hydrogen-bond acceptors (Lipinski definition) is 6. The van der Waals surface area contributed by atoms with Gasteiger partial charge in [0.1, 0.15) is 16.2 Å². The van der Waals surface area contributed by atoms with Gasteiger partial charge < -0.3 is 4.42 Å². The van der Waals surface area contributed by atoms with Gasteiger partial charge >= 0.3 is 5.69 Å². The van der Waals surface area contributed by atoms with Gasteiger partial charge in [0.25, 0.3) is 5.56 Å². The number of nitrogens with zero attached hydrogens (tertiary/aromatic N) is 3. The molecular weight excluding hydrogens is 430 g/mol. The van der Waals surface area contributed by atoms with Crippen LogP contribution < -0.4 is 11.2 Å². The molecule has 0 N–H and O–H groups in total. The number of benzene rings is 1. The van der Waals surface area contributed by atoms with Crippen molar-refractivity contribution < 1.29 is 4.42 Å². The number of rotatable bonds is 6. The maximum absolute atomic E-state index is 13.3. The highest BCUT2D eigenvalue weighted by molar-refractivity contribution is 7.17. The second-order valence-corrected chi connectivity index (χ2v) is 9.13. The third-order valence-corrected chi connectivity index (χ3v) is 7.05. The van der Waals surface area contributed by atoms with E-state index < -0.39 is 0 Å². The molecule has 4 heterocycles. The summed E-state index contributed by atoms with van der Waals surface area (Å²) in [6, 6.07) is 15.5. The summed E-state index contributed by atoms with van der Waals surface area (Å²) < 4.78 is 9.41. The Balaban J connectivity index is 1.56. The summed E-state index contributed by atoms with van der Waals surface area (Å²) in [4.78, 5) is 32.1. The summed E-state index contributed by atoms with van der Waals surface area (Å²) in [7, 11) is 0. The van der Waals surface area contributed by atoms with Gasteiger partial charge in [0.2, 0.25) is 5.89 Å². The van der Waals surface area contributed by atoms with Crippen LogP contribution in [-0.4, -0.2) is 14.1 Å². The lowest BCUT2D eigenvalue weighted by atomic mass is 10.2. The number of oxazole rings is 1. The molecule has 0 saturated carbocycles. The molecule has 156 valence electrons. The molecule has 4 aromatic heterocycles. The molecule has 0 amide bonds. The van der Waals surface area contributed by atoms with Gasteiger partial charge in [0.05, 0.1) is 12.1 Å². The fourth-order valence-electron chi connectivity index (χ4n) is 3.59. The Kier molecular flexibility index (Phi) is 5.17. The molecule has 0 aliphatic carbocycles. The molecule has 5 rings (SSSR count). The van der Waals surface area contributed by atoms with Crippen LogP contribution in [0.1, 0.15) is 16.3 Å². The first kappa shape index (κ1) is 19.7. The molecule has 0 bridgehead atoms. The third-order valence-electron chi connectivity index (χ3n) is 5.22. The molecule has 0 spiro atoms. The molecule has 0 fully saturated rings. The van der Waals surface area contributed by atoms with Crippen molar-refractivity contribution in [2.75, 3.05) is 0 Å². The monoisotopic (exact) mass is 449 g/mol. The summed E-state index contributed by atoms with van der Waals surface area (Å²) in [5.74, 6) is 1.18. The van der Waals surface area contributed by atoms with Gasteiger partial charge in [0, 0.05) is 17.0 Å². The van der Waals surface area contributed by atoms with Crippen LogP contribution >= 0.6 is 22.7 Å². The molecular formula is C23H19N3O3S2. The van der Waals surface area contributed by atoms with Crippen LogP contribution in [0.15, 0.2) is 73.3 Å². The quantitative estimate of drug-likeness (QED) is 0.382. The van der Waals surface area contributed by atoms with Crippen molar-refractivity contribution >= 4 is 32.9 Å². The Hall–Kier alpha value is -3.23. The van der Waals surface area contributed by atoms with E-state index in [4.69, 9.17) is 4.42 Å². The fourth-order valence-corrected chi connectivity index (χ4v) is 5.13. The molecule has 31 heavy (non-hydrogen) atoms. The van der Waals surface area contributed by atoms with Crippen molar-refractivity contribution in [3.8, 4) is 11.5 Å². The normalized spacial score (nSPS) is 11.4. The van der Waals surface area contributed by atoms with E-state index in [1.807, 2.05) is 66.2 Å². The van der Waals surface area contributed by atoms with Crippen LogP contribution in [0.25, 0.3) is 21.7 Å². The van der Waals surface area contributed by atoms with E-state index in [1.54, 1.807) is 15.9 Å². The molecule has 0 atom stereocenters. The van der Waals surface area contributed by atoms with E-state index in [-0.39, 0.29) is 17.8 Å². The summed E-state index contributed by atoms with van der Waals surface area (Å²) >= 11 is 2.98. The predicted molar refractivity (Wildman–Crippen MR) is 124 cm³/mol. The first-order chi connectivity index (χ1) is 15.1. The van der Waals surface area contributed by atoms with Gasteiger partial charge in [-0.3, -0.25) is 13.9 Å². The zero-order valence-electron chi connectivity index (χ0n) is 16.8. The summed E-state index contributed by atoms with van der Waals surface area (Å²) in [5, 5.41) is 3.84.